The van der Waals surface area contributed by atoms with E-state index in [1.54, 1.807) is 0 Å². The van der Waals surface area contributed by atoms with E-state index in [9.17, 15) is 9.90 Å². The lowest BCUT2D eigenvalue weighted by Gasteiger charge is -2.31. The van der Waals surface area contributed by atoms with Gasteiger partial charge in [0.25, 0.3) is 0 Å². The molecule has 0 spiro atoms. The Hall–Kier alpha value is -1.43. The van der Waals surface area contributed by atoms with Crippen LogP contribution in [0.2, 0.25) is 0 Å². The van der Waals surface area contributed by atoms with Crippen molar-refractivity contribution in [3.05, 3.63) is 35.4 Å². The lowest BCUT2D eigenvalue weighted by molar-refractivity contribution is -0.910. The molecule has 0 aromatic heterocycles. The summed E-state index contributed by atoms with van der Waals surface area (Å²) in [5.41, 5.74) is 2.65. The van der Waals surface area contributed by atoms with Crippen molar-refractivity contribution in [2.75, 3.05) is 32.8 Å². The van der Waals surface area contributed by atoms with Gasteiger partial charge in [0.1, 0.15) is 18.6 Å². The molecule has 1 saturated heterocycles. The number of fused-ring (bicyclic) bond motifs is 1. The predicted octanol–water partition coefficient (Wildman–Crippen LogP) is 1.30. The van der Waals surface area contributed by atoms with Gasteiger partial charge < -0.3 is 19.5 Å². The van der Waals surface area contributed by atoms with E-state index in [0.29, 0.717) is 19.8 Å². The maximum atomic E-state index is 12.0. The highest BCUT2D eigenvalue weighted by molar-refractivity contribution is 5.72. The summed E-state index contributed by atoms with van der Waals surface area (Å²) in [6.07, 6.45) is 4.77. The van der Waals surface area contributed by atoms with E-state index in [1.165, 1.54) is 16.0 Å². The van der Waals surface area contributed by atoms with Crippen LogP contribution in [-0.4, -0.2) is 50.0 Å². The molecule has 1 unspecified atom stereocenters. The normalized spacial score (nSPS) is 26.8. The first-order valence-corrected chi connectivity index (χ1v) is 10.0. The van der Waals surface area contributed by atoms with Crippen molar-refractivity contribution in [1.29, 1.82) is 0 Å². The molecule has 1 aliphatic heterocycles. The molecule has 0 amide bonds. The minimum atomic E-state index is -0.500. The summed E-state index contributed by atoms with van der Waals surface area (Å²) < 4.78 is 11.2. The summed E-state index contributed by atoms with van der Waals surface area (Å²) in [5, 5.41) is 10.4. The van der Waals surface area contributed by atoms with E-state index >= 15 is 0 Å². The van der Waals surface area contributed by atoms with Gasteiger partial charge in [-0.3, -0.25) is 4.79 Å². The molecule has 144 valence electrons. The molecule has 0 bridgehead atoms. The van der Waals surface area contributed by atoms with Gasteiger partial charge in [-0.15, -0.1) is 0 Å². The van der Waals surface area contributed by atoms with E-state index in [2.05, 4.69) is 24.3 Å². The van der Waals surface area contributed by atoms with Gasteiger partial charge in [0, 0.05) is 0 Å². The molecule has 1 aromatic carbocycles. The van der Waals surface area contributed by atoms with Crippen LogP contribution in [0.3, 0.4) is 0 Å². The maximum Gasteiger partial charge on any atom is 0.314 e. The first kappa shape index (κ1) is 19.3. The van der Waals surface area contributed by atoms with Crippen LogP contribution >= 0.6 is 0 Å². The fourth-order valence-electron chi connectivity index (χ4n) is 4.30. The zero-order chi connectivity index (χ0) is 18.4. The van der Waals surface area contributed by atoms with Crippen molar-refractivity contribution >= 4 is 5.97 Å². The Kier molecular flexibility index (Phi) is 7.06. The molecule has 1 heterocycles. The van der Waals surface area contributed by atoms with Crippen molar-refractivity contribution in [2.45, 2.75) is 51.2 Å². The van der Waals surface area contributed by atoms with Crippen LogP contribution in [0.4, 0.5) is 0 Å². The minimum Gasteiger partial charge on any atom is -0.466 e. The number of likely N-dealkylation sites (tertiary alicyclic amines) is 1. The summed E-state index contributed by atoms with van der Waals surface area (Å²) >= 11 is 0. The Balaban J connectivity index is 1.46. The van der Waals surface area contributed by atoms with Crippen molar-refractivity contribution in [1.82, 2.24) is 0 Å². The lowest BCUT2D eigenvalue weighted by Crippen LogP contribution is -3.14. The molecular formula is C21H32NO4+. The number of carbonyl (C=O) groups is 1. The minimum absolute atomic E-state index is 0.0305. The number of hydrogen-bond acceptors (Lipinski definition) is 4. The predicted molar refractivity (Wildman–Crippen MR) is 99.0 cm³/mol. The van der Waals surface area contributed by atoms with Crippen LogP contribution in [0.1, 0.15) is 49.8 Å². The Bertz CT molecular complexity index is 591. The maximum absolute atomic E-state index is 12.0. The fraction of sp³-hybridized carbons (Fsp3) is 0.667. The van der Waals surface area contributed by atoms with Gasteiger partial charge in [0.15, 0.2) is 0 Å². The molecule has 2 N–H and O–H groups in total. The third-order valence-corrected chi connectivity index (χ3v) is 5.57. The molecule has 1 aliphatic carbocycles. The molecule has 4 atom stereocenters. The lowest BCUT2D eigenvalue weighted by atomic mass is 9.89. The summed E-state index contributed by atoms with van der Waals surface area (Å²) in [5.74, 6) is -0.119. The summed E-state index contributed by atoms with van der Waals surface area (Å²) in [6, 6.07) is 8.46. The number of rotatable bonds is 7. The first-order chi connectivity index (χ1) is 12.7. The van der Waals surface area contributed by atoms with Crippen molar-refractivity contribution in [2.24, 2.45) is 5.92 Å². The van der Waals surface area contributed by atoms with E-state index in [1.807, 2.05) is 6.92 Å². The number of aliphatic hydroxyl groups is 1. The molecule has 3 rings (SSSR count). The number of piperidine rings is 1. The van der Waals surface area contributed by atoms with Crippen LogP contribution in [0.15, 0.2) is 24.3 Å². The number of ether oxygens (including phenoxy) is 2. The first-order valence-electron chi connectivity index (χ1n) is 10.0. The molecule has 1 fully saturated rings. The number of carbonyl (C=O) groups excluding carboxylic acids is 1. The van der Waals surface area contributed by atoms with Gasteiger partial charge in [0.05, 0.1) is 32.4 Å². The van der Waals surface area contributed by atoms with E-state index in [4.69, 9.17) is 9.47 Å². The second-order valence-corrected chi connectivity index (χ2v) is 7.57. The van der Waals surface area contributed by atoms with Gasteiger partial charge in [-0.2, -0.15) is 0 Å². The van der Waals surface area contributed by atoms with Crippen molar-refractivity contribution in [3.8, 4) is 0 Å². The van der Waals surface area contributed by atoms with Gasteiger partial charge in [-0.05, 0) is 50.2 Å². The number of quaternary nitrogens is 1. The van der Waals surface area contributed by atoms with E-state index < -0.39 is 6.10 Å². The topological polar surface area (TPSA) is 60.2 Å². The molecule has 26 heavy (non-hydrogen) atoms. The monoisotopic (exact) mass is 362 g/mol. The zero-order valence-electron chi connectivity index (χ0n) is 15.8. The van der Waals surface area contributed by atoms with Crippen LogP contribution in [0.25, 0.3) is 0 Å². The quantitative estimate of drug-likeness (QED) is 0.718. The van der Waals surface area contributed by atoms with Gasteiger partial charge >= 0.3 is 5.97 Å². The van der Waals surface area contributed by atoms with E-state index in [0.717, 1.165) is 45.2 Å². The fourth-order valence-corrected chi connectivity index (χ4v) is 4.30. The SMILES string of the molecule is CCOC(=O)[C@@H]1CCC[NH+](C[C@H](O)CO[C@@H]2CCCc3ccccc32)C1. The van der Waals surface area contributed by atoms with Crippen molar-refractivity contribution < 1.29 is 24.3 Å². The Labute approximate surface area is 156 Å². The number of benzene rings is 1. The highest BCUT2D eigenvalue weighted by Crippen LogP contribution is 2.32. The average Bonchev–Trinajstić information content (AvgIpc) is 2.67. The van der Waals surface area contributed by atoms with Crippen LogP contribution < -0.4 is 4.90 Å². The molecule has 0 radical (unpaired) electrons. The smallest absolute Gasteiger partial charge is 0.314 e. The standard InChI is InChI=1S/C21H31NO4/c1-2-25-21(24)17-9-6-12-22(13-17)14-18(23)15-26-20-11-5-8-16-7-3-4-10-19(16)20/h3-4,7,10,17-18,20,23H,2,5-6,8-9,11-15H2,1H3/p+1/t17-,18+,20-/m1/s1. The Morgan fingerprint density at radius 3 is 3.00 bits per heavy atom. The van der Waals surface area contributed by atoms with Crippen molar-refractivity contribution in [3.63, 3.8) is 0 Å². The third kappa shape index (κ3) is 5.06. The average molecular weight is 362 g/mol. The molecule has 5 nitrogen and oxygen atoms in total. The number of aryl methyl sites for hydroxylation is 1. The second-order valence-electron chi connectivity index (χ2n) is 7.57. The molecular weight excluding hydrogens is 330 g/mol. The van der Waals surface area contributed by atoms with Crippen LogP contribution in [-0.2, 0) is 20.7 Å². The molecule has 2 aliphatic rings. The largest absolute Gasteiger partial charge is 0.466 e. The Morgan fingerprint density at radius 1 is 1.31 bits per heavy atom. The number of nitrogens with one attached hydrogen (secondary N) is 1. The van der Waals surface area contributed by atoms with Crippen LogP contribution in [0, 0.1) is 5.92 Å². The summed E-state index contributed by atoms with van der Waals surface area (Å²) in [7, 11) is 0. The molecule has 1 aromatic rings. The summed E-state index contributed by atoms with van der Waals surface area (Å²) in [4.78, 5) is 13.2. The van der Waals surface area contributed by atoms with Gasteiger partial charge in [0.2, 0.25) is 0 Å². The molecule has 0 saturated carbocycles. The Morgan fingerprint density at radius 2 is 2.15 bits per heavy atom. The number of hydrogen-bond donors (Lipinski definition) is 2. The second kappa shape index (κ2) is 9.49. The number of aliphatic hydroxyl groups excluding tert-OH is 1. The summed E-state index contributed by atoms with van der Waals surface area (Å²) in [6.45, 7) is 5.01. The third-order valence-electron chi connectivity index (χ3n) is 5.57. The van der Waals surface area contributed by atoms with Gasteiger partial charge in [-0.1, -0.05) is 24.3 Å². The van der Waals surface area contributed by atoms with E-state index in [-0.39, 0.29) is 18.0 Å². The zero-order valence-corrected chi connectivity index (χ0v) is 15.8. The van der Waals surface area contributed by atoms with Gasteiger partial charge in [-0.25, -0.2) is 0 Å². The highest BCUT2D eigenvalue weighted by atomic mass is 16.5. The van der Waals surface area contributed by atoms with Crippen LogP contribution in [0.5, 0.6) is 0 Å². The number of esters is 1. The molecule has 5 heteroatoms. The highest BCUT2D eigenvalue weighted by Gasteiger charge is 2.31.